The second-order valence-corrected chi connectivity index (χ2v) is 11.8. The van der Waals surface area contributed by atoms with Gasteiger partial charge in [0.25, 0.3) is 0 Å². The number of amides is 1. The summed E-state index contributed by atoms with van der Waals surface area (Å²) < 4.78 is 11.1. The van der Waals surface area contributed by atoms with E-state index in [2.05, 4.69) is 62.4 Å². The number of carbonyl (C=O) groups is 2. The number of carbonyl (C=O) groups excluding carboxylic acids is 2. The molecule has 0 spiro atoms. The zero-order valence-corrected chi connectivity index (χ0v) is 23.3. The third-order valence-electron chi connectivity index (χ3n) is 9.88. The van der Waals surface area contributed by atoms with Crippen molar-refractivity contribution in [2.75, 3.05) is 27.3 Å². The van der Waals surface area contributed by atoms with Gasteiger partial charge in [0.2, 0.25) is 5.91 Å². The van der Waals surface area contributed by atoms with Crippen LogP contribution in [0.25, 0.3) is 0 Å². The second kappa shape index (κ2) is 9.55. The molecule has 4 atom stereocenters. The lowest BCUT2D eigenvalue weighted by Crippen LogP contribution is -2.60. The van der Waals surface area contributed by atoms with E-state index in [1.807, 2.05) is 29.2 Å². The molecule has 2 bridgehead atoms. The minimum Gasteiger partial charge on any atom is -0.496 e. The Hall–Kier alpha value is -3.60. The minimum absolute atomic E-state index is 0.0194. The molecule has 2 fully saturated rings. The number of methoxy groups -OCH3 is 2. The van der Waals surface area contributed by atoms with Gasteiger partial charge in [0.15, 0.2) is 0 Å². The number of fused-ring (bicyclic) bond motifs is 1. The van der Waals surface area contributed by atoms with E-state index in [-0.39, 0.29) is 35.5 Å². The summed E-state index contributed by atoms with van der Waals surface area (Å²) in [6.07, 6.45) is 2.08. The Labute approximate surface area is 231 Å². The summed E-state index contributed by atoms with van der Waals surface area (Å²) in [6, 6.07) is 25.3. The van der Waals surface area contributed by atoms with Crippen LogP contribution in [0.1, 0.15) is 66.3 Å². The topological polar surface area (TPSA) is 55.8 Å². The van der Waals surface area contributed by atoms with Crippen molar-refractivity contribution >= 4 is 11.9 Å². The van der Waals surface area contributed by atoms with Crippen LogP contribution in [0.5, 0.6) is 5.75 Å². The van der Waals surface area contributed by atoms with Crippen molar-refractivity contribution in [3.8, 4) is 5.75 Å². The Balaban J connectivity index is 1.48. The zero-order chi connectivity index (χ0) is 27.4. The van der Waals surface area contributed by atoms with Crippen molar-refractivity contribution in [1.82, 2.24) is 4.90 Å². The van der Waals surface area contributed by atoms with E-state index in [1.165, 1.54) is 29.4 Å². The van der Waals surface area contributed by atoms with Crippen molar-refractivity contribution < 1.29 is 19.1 Å². The van der Waals surface area contributed by atoms with Crippen molar-refractivity contribution in [3.63, 3.8) is 0 Å². The van der Waals surface area contributed by atoms with Gasteiger partial charge in [-0.15, -0.1) is 0 Å². The van der Waals surface area contributed by atoms with E-state index >= 15 is 0 Å². The first-order valence-corrected chi connectivity index (χ1v) is 14.0. The molecule has 5 heteroatoms. The highest BCUT2D eigenvalue weighted by molar-refractivity contribution is 5.86. The van der Waals surface area contributed by atoms with Crippen LogP contribution in [0.15, 0.2) is 72.8 Å². The fourth-order valence-corrected chi connectivity index (χ4v) is 8.11. The van der Waals surface area contributed by atoms with Crippen molar-refractivity contribution in [1.29, 1.82) is 0 Å². The van der Waals surface area contributed by atoms with E-state index in [4.69, 9.17) is 9.47 Å². The lowest BCUT2D eigenvalue weighted by atomic mass is 9.42. The molecule has 5 nitrogen and oxygen atoms in total. The first-order valence-electron chi connectivity index (χ1n) is 14.0. The van der Waals surface area contributed by atoms with Crippen LogP contribution in [0.4, 0.5) is 0 Å². The summed E-state index contributed by atoms with van der Waals surface area (Å²) in [4.78, 5) is 29.7. The van der Waals surface area contributed by atoms with Crippen LogP contribution in [0, 0.1) is 11.3 Å². The number of hydrogen-bond acceptors (Lipinski definition) is 4. The van der Waals surface area contributed by atoms with Gasteiger partial charge in [0.1, 0.15) is 5.75 Å². The van der Waals surface area contributed by atoms with Gasteiger partial charge in [-0.25, -0.2) is 0 Å². The molecular weight excluding hydrogens is 486 g/mol. The van der Waals surface area contributed by atoms with Gasteiger partial charge >= 0.3 is 5.97 Å². The summed E-state index contributed by atoms with van der Waals surface area (Å²) in [5.74, 6) is 0.923. The van der Waals surface area contributed by atoms with E-state index in [0.717, 1.165) is 18.4 Å². The average Bonchev–Trinajstić information content (AvgIpc) is 3.41. The molecule has 1 heterocycles. The second-order valence-electron chi connectivity index (χ2n) is 11.8. The van der Waals surface area contributed by atoms with Gasteiger partial charge in [-0.05, 0) is 47.1 Å². The molecule has 202 valence electrons. The molecule has 0 N–H and O–H groups in total. The largest absolute Gasteiger partial charge is 0.496 e. The van der Waals surface area contributed by atoms with Gasteiger partial charge in [-0.1, -0.05) is 80.6 Å². The van der Waals surface area contributed by atoms with Crippen LogP contribution in [0.3, 0.4) is 0 Å². The summed E-state index contributed by atoms with van der Waals surface area (Å²) in [5.41, 5.74) is 4.78. The lowest BCUT2D eigenvalue weighted by molar-refractivity contribution is -0.161. The van der Waals surface area contributed by atoms with Gasteiger partial charge in [-0.2, -0.15) is 0 Å². The maximum absolute atomic E-state index is 13.9. The Kier molecular flexibility index (Phi) is 6.28. The maximum Gasteiger partial charge on any atom is 0.314 e. The number of esters is 1. The third kappa shape index (κ3) is 3.65. The normalized spacial score (nSPS) is 26.7. The van der Waals surface area contributed by atoms with Crippen LogP contribution in [-0.2, 0) is 26.2 Å². The fraction of sp³-hybridized carbons (Fsp3) is 0.412. The molecule has 4 unspecified atom stereocenters. The monoisotopic (exact) mass is 523 g/mol. The standard InChI is InChI=1S/C34H37NO4/c1-22(2)23-13-15-25(16-14-23)33-18-17-28(26-10-6-7-11-27(26)33)34(32(37)39-4)21-35(20-30(33)34)31(36)19-24-9-5-8-12-29(24)38-3/h5-16,22,28,30H,17-21H2,1-4H3. The molecule has 1 saturated heterocycles. The molecule has 39 heavy (non-hydrogen) atoms. The lowest BCUT2D eigenvalue weighted by Gasteiger charge is -2.59. The Morgan fingerprint density at radius 2 is 1.69 bits per heavy atom. The quantitative estimate of drug-likeness (QED) is 0.380. The molecule has 7 rings (SSSR count). The fourth-order valence-electron chi connectivity index (χ4n) is 8.11. The highest BCUT2D eigenvalue weighted by Crippen LogP contribution is 2.69. The van der Waals surface area contributed by atoms with Crippen LogP contribution >= 0.6 is 0 Å². The number of benzene rings is 3. The predicted octanol–water partition coefficient (Wildman–Crippen LogP) is 5.86. The summed E-state index contributed by atoms with van der Waals surface area (Å²) >= 11 is 0. The molecule has 3 aliphatic carbocycles. The van der Waals surface area contributed by atoms with E-state index in [1.54, 1.807) is 7.11 Å². The summed E-state index contributed by atoms with van der Waals surface area (Å²) in [7, 11) is 3.12. The van der Waals surface area contributed by atoms with Gasteiger partial charge in [0.05, 0.1) is 26.1 Å². The highest BCUT2D eigenvalue weighted by Gasteiger charge is 2.71. The average molecular weight is 524 g/mol. The number of likely N-dealkylation sites (tertiary alicyclic amines) is 1. The smallest absolute Gasteiger partial charge is 0.314 e. The van der Waals surface area contributed by atoms with Gasteiger partial charge in [-0.3, -0.25) is 9.59 Å². The van der Waals surface area contributed by atoms with Crippen molar-refractivity contribution in [3.05, 3.63) is 101 Å². The number of ether oxygens (including phenoxy) is 2. The summed E-state index contributed by atoms with van der Waals surface area (Å²) in [5, 5.41) is 0. The van der Waals surface area contributed by atoms with Crippen molar-refractivity contribution in [2.45, 2.75) is 50.4 Å². The number of hydrogen-bond donors (Lipinski definition) is 0. The molecule has 3 aromatic carbocycles. The zero-order valence-electron chi connectivity index (χ0n) is 23.3. The van der Waals surface area contributed by atoms with E-state index in [9.17, 15) is 9.59 Å². The van der Waals surface area contributed by atoms with Crippen molar-refractivity contribution in [2.24, 2.45) is 11.3 Å². The highest BCUT2D eigenvalue weighted by atomic mass is 16.5. The minimum atomic E-state index is -0.783. The molecule has 1 amide bonds. The predicted molar refractivity (Wildman–Crippen MR) is 151 cm³/mol. The van der Waals surface area contributed by atoms with Gasteiger partial charge < -0.3 is 14.4 Å². The first-order chi connectivity index (χ1) is 18.9. The molecule has 0 aromatic heterocycles. The number of rotatable bonds is 6. The van der Waals surface area contributed by atoms with E-state index in [0.29, 0.717) is 24.8 Å². The van der Waals surface area contributed by atoms with Crippen LogP contribution < -0.4 is 4.74 Å². The Morgan fingerprint density at radius 3 is 2.41 bits per heavy atom. The molecule has 1 aliphatic heterocycles. The van der Waals surface area contributed by atoms with E-state index < -0.39 is 5.41 Å². The SMILES string of the molecule is COC(=O)C12CN(C(=O)Cc3ccccc3OC)CC1C1(c3ccc(C(C)C)cc3)CCC2c2ccccc21. The number of para-hydroxylation sites is 1. The van der Waals surface area contributed by atoms with Crippen LogP contribution in [-0.4, -0.2) is 44.1 Å². The molecule has 3 aromatic rings. The van der Waals surface area contributed by atoms with Gasteiger partial charge in [0, 0.05) is 35.9 Å². The third-order valence-corrected chi connectivity index (χ3v) is 9.88. The molecule has 0 radical (unpaired) electrons. The first kappa shape index (κ1) is 25.7. The maximum atomic E-state index is 13.9. The molecular formula is C34H37NO4. The Morgan fingerprint density at radius 1 is 0.974 bits per heavy atom. The number of nitrogens with zero attached hydrogens (tertiary/aromatic N) is 1. The molecule has 1 saturated carbocycles. The Bertz CT molecular complexity index is 1410. The van der Waals surface area contributed by atoms with Crippen LogP contribution in [0.2, 0.25) is 0 Å². The summed E-state index contributed by atoms with van der Waals surface area (Å²) in [6.45, 7) is 5.32. The molecule has 4 aliphatic rings.